The van der Waals surface area contributed by atoms with Crippen LogP contribution in [0.4, 0.5) is 0 Å². The van der Waals surface area contributed by atoms with Crippen molar-refractivity contribution in [2.75, 3.05) is 0 Å². The summed E-state index contributed by atoms with van der Waals surface area (Å²) in [7, 11) is 0. The lowest BCUT2D eigenvalue weighted by Gasteiger charge is -2.31. The van der Waals surface area contributed by atoms with Crippen LogP contribution in [0.2, 0.25) is 0 Å². The third kappa shape index (κ3) is 3.90. The second-order valence-corrected chi connectivity index (χ2v) is 5.97. The molecule has 20 heavy (non-hydrogen) atoms. The number of hydrogen-bond donors (Lipinski definition) is 1. The first-order valence-corrected chi connectivity index (χ1v) is 7.55. The van der Waals surface area contributed by atoms with E-state index in [-0.39, 0.29) is 18.3 Å². The molecule has 2 heterocycles. The molecule has 2 fully saturated rings. The summed E-state index contributed by atoms with van der Waals surface area (Å²) < 4.78 is 11.6. The van der Waals surface area contributed by atoms with E-state index in [0.29, 0.717) is 11.9 Å². The predicted octanol–water partition coefficient (Wildman–Crippen LogP) is 2.06. The van der Waals surface area contributed by atoms with Crippen LogP contribution < -0.4 is 10.1 Å². The van der Waals surface area contributed by atoms with Gasteiger partial charge in [0.1, 0.15) is 6.10 Å². The molecule has 2 unspecified atom stereocenters. The second kappa shape index (κ2) is 6.06. The molecule has 1 aromatic rings. The molecule has 0 spiro atoms. The van der Waals surface area contributed by atoms with E-state index < -0.39 is 0 Å². The predicted molar refractivity (Wildman–Crippen MR) is 75.6 cm³/mol. The van der Waals surface area contributed by atoms with Crippen LogP contribution in [0, 0.1) is 0 Å². The highest BCUT2D eigenvalue weighted by molar-refractivity contribution is 5.08. The lowest BCUT2D eigenvalue weighted by Crippen LogP contribution is -2.35. The standard InChI is InChI=1S/C15H23N3O2/c1-10-5-14(6-11(2)19-10)20-15-9-17-13(8-18-15)7-16-12-3-4-12/h8-12,14,16H,3-7H2,1-2H3. The van der Waals surface area contributed by atoms with Crippen LogP contribution in [0.15, 0.2) is 12.4 Å². The SMILES string of the molecule is CC1CC(Oc2cnc(CNC3CC3)cn2)CC(C)O1. The van der Waals surface area contributed by atoms with Crippen molar-refractivity contribution in [2.24, 2.45) is 0 Å². The summed E-state index contributed by atoms with van der Waals surface area (Å²) in [6.45, 7) is 4.97. The van der Waals surface area contributed by atoms with Crippen molar-refractivity contribution < 1.29 is 9.47 Å². The molecule has 1 aliphatic heterocycles. The molecule has 1 aromatic heterocycles. The third-order valence-corrected chi connectivity index (χ3v) is 3.77. The van der Waals surface area contributed by atoms with Gasteiger partial charge in [-0.25, -0.2) is 4.98 Å². The Morgan fingerprint density at radius 3 is 2.55 bits per heavy atom. The van der Waals surface area contributed by atoms with E-state index in [2.05, 4.69) is 29.1 Å². The summed E-state index contributed by atoms with van der Waals surface area (Å²) in [5, 5.41) is 3.43. The summed E-state index contributed by atoms with van der Waals surface area (Å²) in [4.78, 5) is 8.76. The van der Waals surface area contributed by atoms with Crippen molar-refractivity contribution in [1.29, 1.82) is 0 Å². The monoisotopic (exact) mass is 277 g/mol. The Bertz CT molecular complexity index is 423. The van der Waals surface area contributed by atoms with Crippen LogP contribution >= 0.6 is 0 Å². The fourth-order valence-corrected chi connectivity index (χ4v) is 2.64. The Balaban J connectivity index is 1.51. The lowest BCUT2D eigenvalue weighted by molar-refractivity contribution is -0.0730. The fourth-order valence-electron chi connectivity index (χ4n) is 2.64. The summed E-state index contributed by atoms with van der Waals surface area (Å²) >= 11 is 0. The molecule has 0 aromatic carbocycles. The van der Waals surface area contributed by atoms with Gasteiger partial charge in [-0.15, -0.1) is 0 Å². The zero-order chi connectivity index (χ0) is 13.9. The average Bonchev–Trinajstić information content (AvgIpc) is 3.21. The molecule has 1 aliphatic carbocycles. The van der Waals surface area contributed by atoms with E-state index in [0.717, 1.165) is 25.1 Å². The average molecular weight is 277 g/mol. The quantitative estimate of drug-likeness (QED) is 0.893. The van der Waals surface area contributed by atoms with E-state index in [1.807, 2.05) is 0 Å². The Morgan fingerprint density at radius 2 is 1.95 bits per heavy atom. The minimum absolute atomic E-state index is 0.179. The van der Waals surface area contributed by atoms with E-state index in [1.54, 1.807) is 12.4 Å². The number of ether oxygens (including phenoxy) is 2. The van der Waals surface area contributed by atoms with Crippen molar-refractivity contribution >= 4 is 0 Å². The van der Waals surface area contributed by atoms with Crippen LogP contribution in [0.3, 0.4) is 0 Å². The molecule has 0 radical (unpaired) electrons. The Morgan fingerprint density at radius 1 is 1.20 bits per heavy atom. The molecule has 2 atom stereocenters. The number of nitrogens with zero attached hydrogens (tertiary/aromatic N) is 2. The zero-order valence-electron chi connectivity index (χ0n) is 12.2. The first kappa shape index (κ1) is 13.8. The minimum Gasteiger partial charge on any atom is -0.473 e. The Labute approximate surface area is 120 Å². The number of rotatable bonds is 5. The molecule has 110 valence electrons. The molecule has 5 nitrogen and oxygen atoms in total. The topological polar surface area (TPSA) is 56.3 Å². The zero-order valence-corrected chi connectivity index (χ0v) is 12.2. The molecule has 1 saturated carbocycles. The van der Waals surface area contributed by atoms with Gasteiger partial charge >= 0.3 is 0 Å². The summed E-state index contributed by atoms with van der Waals surface area (Å²) in [6.07, 6.45) is 8.61. The van der Waals surface area contributed by atoms with E-state index in [1.165, 1.54) is 12.8 Å². The fraction of sp³-hybridized carbons (Fsp3) is 0.733. The third-order valence-electron chi connectivity index (χ3n) is 3.77. The van der Waals surface area contributed by atoms with Gasteiger partial charge in [0.2, 0.25) is 5.88 Å². The first-order chi connectivity index (χ1) is 9.69. The van der Waals surface area contributed by atoms with Gasteiger partial charge in [0.05, 0.1) is 30.3 Å². The molecule has 1 saturated heterocycles. The van der Waals surface area contributed by atoms with Crippen LogP contribution in [0.5, 0.6) is 5.88 Å². The van der Waals surface area contributed by atoms with Crippen molar-refractivity contribution in [3.63, 3.8) is 0 Å². The number of aromatic nitrogens is 2. The van der Waals surface area contributed by atoms with Gasteiger partial charge in [-0.2, -0.15) is 0 Å². The van der Waals surface area contributed by atoms with Gasteiger partial charge in [-0.1, -0.05) is 0 Å². The van der Waals surface area contributed by atoms with Crippen molar-refractivity contribution in [3.05, 3.63) is 18.1 Å². The van der Waals surface area contributed by atoms with Gasteiger partial charge in [0.15, 0.2) is 0 Å². The maximum atomic E-state index is 5.92. The van der Waals surface area contributed by atoms with Gasteiger partial charge in [0.25, 0.3) is 0 Å². The van der Waals surface area contributed by atoms with E-state index in [4.69, 9.17) is 9.47 Å². The van der Waals surface area contributed by atoms with Gasteiger partial charge in [0, 0.05) is 25.4 Å². The van der Waals surface area contributed by atoms with Crippen LogP contribution in [0.1, 0.15) is 45.2 Å². The number of hydrogen-bond acceptors (Lipinski definition) is 5. The van der Waals surface area contributed by atoms with Crippen molar-refractivity contribution in [1.82, 2.24) is 15.3 Å². The van der Waals surface area contributed by atoms with Crippen molar-refractivity contribution in [3.8, 4) is 5.88 Å². The first-order valence-electron chi connectivity index (χ1n) is 7.55. The molecule has 3 rings (SSSR count). The Kier molecular flexibility index (Phi) is 4.17. The molecule has 0 bridgehead atoms. The van der Waals surface area contributed by atoms with Crippen molar-refractivity contribution in [2.45, 2.75) is 70.4 Å². The maximum Gasteiger partial charge on any atom is 0.232 e. The highest BCUT2D eigenvalue weighted by atomic mass is 16.5. The van der Waals surface area contributed by atoms with E-state index in [9.17, 15) is 0 Å². The molecule has 0 amide bonds. The minimum atomic E-state index is 0.179. The molecule has 1 N–H and O–H groups in total. The highest BCUT2D eigenvalue weighted by Gasteiger charge is 2.26. The normalized spacial score (nSPS) is 30.2. The summed E-state index contributed by atoms with van der Waals surface area (Å²) in [5.41, 5.74) is 0.970. The molecular formula is C15H23N3O2. The largest absolute Gasteiger partial charge is 0.473 e. The molecule has 5 heteroatoms. The van der Waals surface area contributed by atoms with Gasteiger partial charge < -0.3 is 14.8 Å². The smallest absolute Gasteiger partial charge is 0.232 e. The second-order valence-electron chi connectivity index (χ2n) is 5.97. The van der Waals surface area contributed by atoms with E-state index >= 15 is 0 Å². The van der Waals surface area contributed by atoms with Crippen LogP contribution in [-0.4, -0.2) is 34.3 Å². The van der Waals surface area contributed by atoms with Crippen LogP contribution in [0.25, 0.3) is 0 Å². The van der Waals surface area contributed by atoms with Crippen LogP contribution in [-0.2, 0) is 11.3 Å². The highest BCUT2D eigenvalue weighted by Crippen LogP contribution is 2.23. The molecule has 2 aliphatic rings. The number of nitrogens with one attached hydrogen (secondary N) is 1. The Hall–Kier alpha value is -1.20. The maximum absolute atomic E-state index is 5.92. The van der Waals surface area contributed by atoms with Gasteiger partial charge in [-0.05, 0) is 26.7 Å². The summed E-state index contributed by atoms with van der Waals surface area (Å²) in [5.74, 6) is 0.617. The summed E-state index contributed by atoms with van der Waals surface area (Å²) in [6, 6.07) is 0.693. The molecular weight excluding hydrogens is 254 g/mol. The van der Waals surface area contributed by atoms with Gasteiger partial charge in [-0.3, -0.25) is 4.98 Å². The lowest BCUT2D eigenvalue weighted by atomic mass is 10.0.